The van der Waals surface area contributed by atoms with E-state index in [2.05, 4.69) is 44.6 Å². The molecular weight excluding hydrogens is 374 g/mol. The van der Waals surface area contributed by atoms with Crippen molar-refractivity contribution in [2.45, 2.75) is 32.4 Å². The maximum absolute atomic E-state index is 6.03. The van der Waals surface area contributed by atoms with Crippen LogP contribution in [0.1, 0.15) is 24.0 Å². The third-order valence-electron chi connectivity index (χ3n) is 4.97. The average molecular weight is 402 g/mol. The van der Waals surface area contributed by atoms with Gasteiger partial charge >= 0.3 is 0 Å². The summed E-state index contributed by atoms with van der Waals surface area (Å²) in [6.07, 6.45) is 4.01. The van der Waals surface area contributed by atoms with E-state index in [-0.39, 0.29) is 0 Å². The number of ether oxygens (including phenoxy) is 1. The zero-order valence-corrected chi connectivity index (χ0v) is 17.5. The molecule has 3 rings (SSSR count). The summed E-state index contributed by atoms with van der Waals surface area (Å²) >= 11 is 6.03. The lowest BCUT2D eigenvalue weighted by Gasteiger charge is -2.33. The fourth-order valence-electron chi connectivity index (χ4n) is 3.33. The molecule has 2 heterocycles. The number of hydrogen-bond acceptors (Lipinski definition) is 4. The summed E-state index contributed by atoms with van der Waals surface area (Å²) < 4.78 is 5.41. The number of anilines is 1. The van der Waals surface area contributed by atoms with E-state index in [1.165, 1.54) is 5.56 Å². The topological polar surface area (TPSA) is 61.8 Å². The first-order chi connectivity index (χ1) is 13.6. The molecule has 0 radical (unpaired) electrons. The van der Waals surface area contributed by atoms with Gasteiger partial charge in [-0.15, -0.1) is 0 Å². The number of nitrogens with zero attached hydrogens (tertiary/aromatic N) is 3. The van der Waals surface area contributed by atoms with Gasteiger partial charge in [-0.05, 0) is 43.5 Å². The Kier molecular flexibility index (Phi) is 6.98. The summed E-state index contributed by atoms with van der Waals surface area (Å²) in [4.78, 5) is 11.2. The average Bonchev–Trinajstić information content (AvgIpc) is 2.72. The van der Waals surface area contributed by atoms with E-state index in [4.69, 9.17) is 16.3 Å². The number of aryl methyl sites for hydroxylation is 1. The molecule has 0 amide bonds. The van der Waals surface area contributed by atoms with E-state index in [1.807, 2.05) is 24.4 Å². The van der Waals surface area contributed by atoms with Gasteiger partial charge in [0.1, 0.15) is 11.6 Å². The summed E-state index contributed by atoms with van der Waals surface area (Å²) in [6.45, 7) is 4.64. The second-order valence-electron chi connectivity index (χ2n) is 6.98. The van der Waals surface area contributed by atoms with Crippen molar-refractivity contribution in [1.82, 2.24) is 15.6 Å². The second kappa shape index (κ2) is 9.64. The van der Waals surface area contributed by atoms with Crippen LogP contribution in [0.2, 0.25) is 5.02 Å². The Morgan fingerprint density at radius 1 is 1.29 bits per heavy atom. The largest absolute Gasteiger partial charge is 0.496 e. The van der Waals surface area contributed by atoms with E-state index < -0.39 is 0 Å². The third-order valence-corrected chi connectivity index (χ3v) is 5.21. The Balaban J connectivity index is 1.50. The van der Waals surface area contributed by atoms with E-state index >= 15 is 0 Å². The molecule has 0 saturated carbocycles. The number of benzene rings is 1. The van der Waals surface area contributed by atoms with Gasteiger partial charge in [-0.1, -0.05) is 23.7 Å². The maximum atomic E-state index is 6.03. The van der Waals surface area contributed by atoms with Crippen LogP contribution in [0.3, 0.4) is 0 Å². The summed E-state index contributed by atoms with van der Waals surface area (Å²) in [7, 11) is 3.44. The quantitative estimate of drug-likeness (QED) is 0.594. The Bertz CT molecular complexity index is 801. The fourth-order valence-corrected chi connectivity index (χ4v) is 3.49. The number of hydrogen-bond donors (Lipinski definition) is 2. The second-order valence-corrected chi connectivity index (χ2v) is 7.42. The van der Waals surface area contributed by atoms with Crippen LogP contribution in [0, 0.1) is 6.92 Å². The van der Waals surface area contributed by atoms with Gasteiger partial charge in [-0.3, -0.25) is 4.99 Å². The molecular formula is C21H28ClN5O. The first-order valence-corrected chi connectivity index (χ1v) is 9.94. The van der Waals surface area contributed by atoms with E-state index in [9.17, 15) is 0 Å². The summed E-state index contributed by atoms with van der Waals surface area (Å²) in [5, 5.41) is 7.56. The van der Waals surface area contributed by atoms with Crippen molar-refractivity contribution >= 4 is 23.4 Å². The summed E-state index contributed by atoms with van der Waals surface area (Å²) in [5.41, 5.74) is 2.22. The minimum Gasteiger partial charge on any atom is -0.496 e. The first-order valence-electron chi connectivity index (χ1n) is 9.56. The highest BCUT2D eigenvalue weighted by Crippen LogP contribution is 2.23. The zero-order valence-electron chi connectivity index (χ0n) is 16.7. The number of aliphatic imine (C=N–C) groups is 1. The predicted octanol–water partition coefficient (Wildman–Crippen LogP) is 3.39. The van der Waals surface area contributed by atoms with Crippen molar-refractivity contribution in [3.05, 3.63) is 52.7 Å². The minimum atomic E-state index is 0.389. The number of aromatic nitrogens is 1. The monoisotopic (exact) mass is 401 g/mol. The van der Waals surface area contributed by atoms with Gasteiger partial charge in [-0.25, -0.2) is 4.98 Å². The number of guanidine groups is 1. The SMILES string of the molecule is CN=C(NCc1ccc(Cl)cc1OC)NC1CCN(c2ccc(C)cn2)CC1. The third kappa shape index (κ3) is 5.29. The van der Waals surface area contributed by atoms with Gasteiger partial charge in [0.15, 0.2) is 5.96 Å². The Hall–Kier alpha value is -2.47. The molecule has 1 aliphatic heterocycles. The molecule has 0 atom stereocenters. The van der Waals surface area contributed by atoms with Crippen molar-refractivity contribution in [2.24, 2.45) is 4.99 Å². The van der Waals surface area contributed by atoms with E-state index in [1.54, 1.807) is 14.2 Å². The van der Waals surface area contributed by atoms with Crippen LogP contribution in [-0.2, 0) is 6.54 Å². The van der Waals surface area contributed by atoms with Gasteiger partial charge in [-0.2, -0.15) is 0 Å². The van der Waals surface area contributed by atoms with E-state index in [0.717, 1.165) is 49.0 Å². The Labute approximate surface area is 172 Å². The van der Waals surface area contributed by atoms with Crippen molar-refractivity contribution in [2.75, 3.05) is 32.1 Å². The molecule has 1 saturated heterocycles. The Morgan fingerprint density at radius 2 is 2.07 bits per heavy atom. The normalized spacial score (nSPS) is 15.4. The lowest BCUT2D eigenvalue weighted by atomic mass is 10.1. The van der Waals surface area contributed by atoms with Gasteiger partial charge in [0, 0.05) is 49.5 Å². The standard InChI is InChI=1S/C21H28ClN5O/c1-15-4-7-20(24-13-15)27-10-8-18(9-11-27)26-21(23-2)25-14-16-5-6-17(22)12-19(16)28-3/h4-7,12-13,18H,8-11,14H2,1-3H3,(H2,23,25,26). The molecule has 1 fully saturated rings. The fraction of sp³-hybridized carbons (Fsp3) is 0.429. The van der Waals surface area contributed by atoms with Gasteiger partial charge in [0.2, 0.25) is 0 Å². The Morgan fingerprint density at radius 3 is 2.71 bits per heavy atom. The van der Waals surface area contributed by atoms with Crippen molar-refractivity contribution < 1.29 is 4.74 Å². The van der Waals surface area contributed by atoms with Gasteiger partial charge < -0.3 is 20.3 Å². The highest BCUT2D eigenvalue weighted by Gasteiger charge is 2.21. The lowest BCUT2D eigenvalue weighted by molar-refractivity contribution is 0.409. The number of halogens is 1. The van der Waals surface area contributed by atoms with Crippen molar-refractivity contribution in [1.29, 1.82) is 0 Å². The highest BCUT2D eigenvalue weighted by atomic mass is 35.5. The van der Waals surface area contributed by atoms with Crippen LogP contribution in [-0.4, -0.2) is 44.2 Å². The molecule has 2 N–H and O–H groups in total. The molecule has 7 heteroatoms. The molecule has 2 aromatic rings. The summed E-state index contributed by atoms with van der Waals surface area (Å²) in [5.74, 6) is 2.62. The van der Waals surface area contributed by atoms with Gasteiger partial charge in [0.25, 0.3) is 0 Å². The molecule has 1 aromatic heterocycles. The van der Waals surface area contributed by atoms with Crippen LogP contribution in [0.15, 0.2) is 41.5 Å². The van der Waals surface area contributed by atoms with Crippen molar-refractivity contribution in [3.8, 4) is 5.75 Å². The molecule has 1 aromatic carbocycles. The molecule has 0 unspecified atom stereocenters. The molecule has 0 aliphatic carbocycles. The molecule has 0 spiro atoms. The number of pyridine rings is 1. The van der Waals surface area contributed by atoms with Crippen LogP contribution in [0.25, 0.3) is 0 Å². The van der Waals surface area contributed by atoms with Crippen LogP contribution in [0.5, 0.6) is 5.75 Å². The molecule has 6 nitrogen and oxygen atoms in total. The zero-order chi connectivity index (χ0) is 19.9. The number of piperidine rings is 1. The summed E-state index contributed by atoms with van der Waals surface area (Å²) in [6, 6.07) is 10.3. The molecule has 0 bridgehead atoms. The molecule has 1 aliphatic rings. The minimum absolute atomic E-state index is 0.389. The lowest BCUT2D eigenvalue weighted by Crippen LogP contribution is -2.48. The number of rotatable bonds is 5. The number of methoxy groups -OCH3 is 1. The van der Waals surface area contributed by atoms with E-state index in [0.29, 0.717) is 17.6 Å². The molecule has 28 heavy (non-hydrogen) atoms. The van der Waals surface area contributed by atoms with Crippen LogP contribution < -0.4 is 20.3 Å². The van der Waals surface area contributed by atoms with Crippen LogP contribution >= 0.6 is 11.6 Å². The maximum Gasteiger partial charge on any atom is 0.191 e. The van der Waals surface area contributed by atoms with Gasteiger partial charge in [0.05, 0.1) is 7.11 Å². The highest BCUT2D eigenvalue weighted by molar-refractivity contribution is 6.30. The van der Waals surface area contributed by atoms with Crippen molar-refractivity contribution in [3.63, 3.8) is 0 Å². The number of nitrogens with one attached hydrogen (secondary N) is 2. The van der Waals surface area contributed by atoms with Crippen LogP contribution in [0.4, 0.5) is 5.82 Å². The first kappa shape index (κ1) is 20.3. The smallest absolute Gasteiger partial charge is 0.191 e. The molecule has 150 valence electrons. The predicted molar refractivity (Wildman–Crippen MR) is 116 cm³/mol.